The highest BCUT2D eigenvalue weighted by atomic mass is 15.1. The summed E-state index contributed by atoms with van der Waals surface area (Å²) in [5, 5.41) is 31.8. The second-order valence-corrected chi connectivity index (χ2v) is 31.7. The van der Waals surface area contributed by atoms with Gasteiger partial charge in [0, 0.05) is 76.4 Å². The minimum Gasteiger partial charge on any atom is -0.309 e. The molecule has 0 unspecified atom stereocenters. The summed E-state index contributed by atoms with van der Waals surface area (Å²) in [5.74, 6) is 0.692. The van der Waals surface area contributed by atoms with Crippen LogP contribution in [0.25, 0.3) is 236 Å². The van der Waals surface area contributed by atoms with E-state index in [1.54, 1.807) is 0 Å². The van der Waals surface area contributed by atoms with Gasteiger partial charge < -0.3 is 13.7 Å². The average molecular weight is 1540 g/mol. The Hall–Kier alpha value is -16.2. The van der Waals surface area contributed by atoms with Gasteiger partial charge >= 0.3 is 0 Å². The van der Waals surface area contributed by atoms with Crippen LogP contribution in [0.15, 0.2) is 431 Å². The maximum Gasteiger partial charge on any atom is 0.160 e. The van der Waals surface area contributed by atoms with Crippen molar-refractivity contribution in [1.29, 1.82) is 0 Å². The molecule has 562 valence electrons. The van der Waals surface area contributed by atoms with E-state index in [0.29, 0.717) is 5.82 Å². The molecular formula is C114H71N7. The molecule has 0 bridgehead atoms. The Balaban J connectivity index is 0.000000137. The molecule has 0 N–H and O–H groups in total. The number of rotatable bonds is 10. The van der Waals surface area contributed by atoms with Crippen LogP contribution in [-0.2, 0) is 0 Å². The summed E-state index contributed by atoms with van der Waals surface area (Å²) in [5.41, 5.74) is 25.9. The van der Waals surface area contributed by atoms with E-state index in [9.17, 15) is 0 Å². The van der Waals surface area contributed by atoms with Gasteiger partial charge in [0.05, 0.1) is 62.4 Å². The summed E-state index contributed by atoms with van der Waals surface area (Å²) in [7, 11) is 0. The summed E-state index contributed by atoms with van der Waals surface area (Å²) in [6.07, 6.45) is 3.86. The first kappa shape index (κ1) is 69.1. The SMILES string of the molecule is c1ccc(-c2ccc(-c3ccc4c(-c5ccc(-c6ccccc6)cc5)nc(-c5ccc(-n6c7cc8ccccc8cc7c7cc8ccccc8cc76)cc5)nc4c3)cc2)cc1.c1ccc(-n2c3ccccc3c3ccc(-c4ccc(-c5cc(-n6c7cc8ccccc8cc7c7cc8ccccc8cc76)c6ccccc6c5)c5cnncc45)cc32)cc1. The van der Waals surface area contributed by atoms with E-state index in [4.69, 9.17) is 9.97 Å². The van der Waals surface area contributed by atoms with Gasteiger partial charge in [0.2, 0.25) is 0 Å². The predicted molar refractivity (Wildman–Crippen MR) is 508 cm³/mol. The molecule has 121 heavy (non-hydrogen) atoms. The van der Waals surface area contributed by atoms with Gasteiger partial charge in [-0.3, -0.25) is 0 Å². The Labute approximate surface area is 696 Å². The van der Waals surface area contributed by atoms with Gasteiger partial charge in [-0.25, -0.2) is 9.97 Å². The number of aromatic nitrogens is 7. The zero-order chi connectivity index (χ0) is 79.6. The van der Waals surface area contributed by atoms with Crippen LogP contribution < -0.4 is 0 Å². The van der Waals surface area contributed by atoms with Crippen LogP contribution in [0.4, 0.5) is 0 Å². The summed E-state index contributed by atoms with van der Waals surface area (Å²) in [4.78, 5) is 10.6. The molecule has 0 radical (unpaired) electrons. The van der Waals surface area contributed by atoms with Gasteiger partial charge in [-0.05, 0) is 225 Å². The van der Waals surface area contributed by atoms with Crippen molar-refractivity contribution >= 4 is 141 Å². The van der Waals surface area contributed by atoms with Crippen LogP contribution in [0.2, 0.25) is 0 Å². The number of hydrogen-bond donors (Lipinski definition) is 0. The molecule has 0 aliphatic rings. The van der Waals surface area contributed by atoms with E-state index >= 15 is 0 Å². The van der Waals surface area contributed by atoms with Crippen molar-refractivity contribution in [3.05, 3.63) is 431 Å². The molecule has 5 heterocycles. The fraction of sp³-hybridized carbons (Fsp3) is 0. The van der Waals surface area contributed by atoms with Crippen molar-refractivity contribution in [2.45, 2.75) is 0 Å². The second kappa shape index (κ2) is 28.3. The minimum absolute atomic E-state index is 0.692. The minimum atomic E-state index is 0.692. The molecule has 7 nitrogen and oxygen atoms in total. The first-order valence-corrected chi connectivity index (χ1v) is 41.3. The normalized spacial score (nSPS) is 11.8. The van der Waals surface area contributed by atoms with E-state index in [1.807, 2.05) is 12.4 Å². The molecule has 0 saturated heterocycles. The van der Waals surface area contributed by atoms with Gasteiger partial charge in [0.1, 0.15) is 0 Å². The maximum atomic E-state index is 5.33. The Bertz CT molecular complexity index is 8290. The second-order valence-electron chi connectivity index (χ2n) is 31.7. The van der Waals surface area contributed by atoms with Crippen molar-refractivity contribution < 1.29 is 0 Å². The molecule has 20 aromatic carbocycles. The molecule has 0 atom stereocenters. The molecule has 25 aromatic rings. The third-order valence-corrected chi connectivity index (χ3v) is 24.8. The molecule has 0 spiro atoms. The topological polar surface area (TPSA) is 66.3 Å². The number of para-hydroxylation sites is 2. The number of benzene rings is 20. The zero-order valence-electron chi connectivity index (χ0n) is 65.6. The third-order valence-electron chi connectivity index (χ3n) is 24.8. The number of fused-ring (bicyclic) bond motifs is 16. The largest absolute Gasteiger partial charge is 0.309 e. The molecule has 0 amide bonds. The van der Waals surface area contributed by atoms with Crippen molar-refractivity contribution in [1.82, 2.24) is 33.9 Å². The Kier molecular flexibility index (Phi) is 16.2. The summed E-state index contributed by atoms with van der Waals surface area (Å²) in [6.45, 7) is 0. The van der Waals surface area contributed by atoms with E-state index in [0.717, 1.165) is 88.9 Å². The zero-order valence-corrected chi connectivity index (χ0v) is 65.6. The molecular weight excluding hydrogens is 1470 g/mol. The van der Waals surface area contributed by atoms with Crippen LogP contribution in [0.3, 0.4) is 0 Å². The maximum absolute atomic E-state index is 5.33. The standard InChI is InChI=1S/C58H37N3.C56H34N4/c1-3-11-38(12-4-1)40-19-21-42(22-20-40)49-29-32-51-54(35-49)59-58(60-57(51)43-25-23-41(24-26-43)39-13-5-2-6-14-39)44-27-30-50(31-28-44)61-55-36-47-17-9-7-15-45(47)33-52(55)53-34-46-16-8-10-18-48(46)37-56(53)61;1-2-17-42(18-3-1)59-52-21-11-10-20-46(52)47-23-22-40(31-54(47)59)43-24-25-44(51-34-58-57-33-50(43)51)41-26-39-16-8-9-19-45(39)53(32-41)60-55-29-37-14-6-4-12-35(37)27-48(55)49-28-36-13-5-7-15-38(36)30-56(49)60/h1-37H;1-34H. The molecule has 0 saturated carbocycles. The van der Waals surface area contributed by atoms with Gasteiger partial charge in [0.15, 0.2) is 5.82 Å². The van der Waals surface area contributed by atoms with Crippen molar-refractivity contribution in [3.63, 3.8) is 0 Å². The van der Waals surface area contributed by atoms with Crippen molar-refractivity contribution in [3.8, 4) is 95.3 Å². The quantitative estimate of drug-likeness (QED) is 0.137. The van der Waals surface area contributed by atoms with Crippen LogP contribution in [-0.4, -0.2) is 33.9 Å². The molecule has 5 aromatic heterocycles. The van der Waals surface area contributed by atoms with E-state index in [1.165, 1.54) is 142 Å². The molecule has 25 rings (SSSR count). The van der Waals surface area contributed by atoms with Gasteiger partial charge in [-0.1, -0.05) is 297 Å². The lowest BCUT2D eigenvalue weighted by Crippen LogP contribution is -1.97. The average Bonchev–Trinajstić information content (AvgIpc) is 1.54. The highest BCUT2D eigenvalue weighted by molar-refractivity contribution is 6.20. The first-order chi connectivity index (χ1) is 59.9. The molecule has 0 fully saturated rings. The lowest BCUT2D eigenvalue weighted by Gasteiger charge is -2.17. The smallest absolute Gasteiger partial charge is 0.160 e. The fourth-order valence-electron chi connectivity index (χ4n) is 18.9. The van der Waals surface area contributed by atoms with Crippen LogP contribution in [0.5, 0.6) is 0 Å². The van der Waals surface area contributed by atoms with Crippen LogP contribution in [0.1, 0.15) is 0 Å². The Morgan fingerprint density at radius 2 is 0.537 bits per heavy atom. The third kappa shape index (κ3) is 11.8. The predicted octanol–water partition coefficient (Wildman–Crippen LogP) is 30.0. The lowest BCUT2D eigenvalue weighted by atomic mass is 9.92. The van der Waals surface area contributed by atoms with Gasteiger partial charge in [0.25, 0.3) is 0 Å². The first-order valence-electron chi connectivity index (χ1n) is 41.3. The number of nitrogens with zero attached hydrogens (tertiary/aromatic N) is 7. The fourth-order valence-corrected chi connectivity index (χ4v) is 18.9. The summed E-state index contributed by atoms with van der Waals surface area (Å²) in [6, 6.07) is 152. The van der Waals surface area contributed by atoms with E-state index in [-0.39, 0.29) is 0 Å². The molecule has 7 heteroatoms. The highest BCUT2D eigenvalue weighted by Crippen LogP contribution is 2.46. The van der Waals surface area contributed by atoms with Crippen molar-refractivity contribution in [2.24, 2.45) is 0 Å². The van der Waals surface area contributed by atoms with Crippen molar-refractivity contribution in [2.75, 3.05) is 0 Å². The molecule has 0 aliphatic carbocycles. The Morgan fingerprint density at radius 1 is 0.174 bits per heavy atom. The summed E-state index contributed by atoms with van der Waals surface area (Å²) >= 11 is 0. The van der Waals surface area contributed by atoms with Gasteiger partial charge in [-0.15, -0.1) is 0 Å². The van der Waals surface area contributed by atoms with Crippen LogP contribution >= 0.6 is 0 Å². The monoisotopic (exact) mass is 1540 g/mol. The van der Waals surface area contributed by atoms with E-state index < -0.39 is 0 Å². The van der Waals surface area contributed by atoms with Gasteiger partial charge in [-0.2, -0.15) is 10.2 Å². The highest BCUT2D eigenvalue weighted by Gasteiger charge is 2.23. The lowest BCUT2D eigenvalue weighted by molar-refractivity contribution is 1.05. The molecule has 0 aliphatic heterocycles. The Morgan fingerprint density at radius 3 is 1.07 bits per heavy atom. The number of hydrogen-bond acceptors (Lipinski definition) is 4. The summed E-state index contributed by atoms with van der Waals surface area (Å²) < 4.78 is 7.28. The van der Waals surface area contributed by atoms with Crippen LogP contribution in [0, 0.1) is 0 Å². The van der Waals surface area contributed by atoms with E-state index in [2.05, 4.69) is 442 Å².